The summed E-state index contributed by atoms with van der Waals surface area (Å²) in [5.41, 5.74) is 3.61. The van der Waals surface area contributed by atoms with Crippen LogP contribution in [0, 0.1) is 0 Å². The number of rotatable bonds is 21. The largest absolute Gasteiger partial charge is 0.494 e. The van der Waals surface area contributed by atoms with Crippen LogP contribution in [0.5, 0.6) is 5.75 Å². The molecule has 250 valence electrons. The Morgan fingerprint density at radius 2 is 1.30 bits per heavy atom. The highest BCUT2D eigenvalue weighted by molar-refractivity contribution is 6.33. The molecule has 11 heteroatoms. The number of hydrogen-bond acceptors (Lipinski definition) is 10. The van der Waals surface area contributed by atoms with Crippen LogP contribution in [0.2, 0.25) is 5.02 Å². The molecule has 0 amide bonds. The Bertz CT molecular complexity index is 1460. The van der Waals surface area contributed by atoms with Gasteiger partial charge in [0.15, 0.2) is 0 Å². The van der Waals surface area contributed by atoms with Gasteiger partial charge in [0.25, 0.3) is 0 Å². The van der Waals surface area contributed by atoms with Gasteiger partial charge in [0.1, 0.15) is 18.0 Å². The van der Waals surface area contributed by atoms with E-state index in [0.717, 1.165) is 56.3 Å². The van der Waals surface area contributed by atoms with E-state index in [1.807, 2.05) is 66.5 Å². The summed E-state index contributed by atoms with van der Waals surface area (Å²) in [5.74, 6) is 0.147. The number of carbonyl (C=O) groups is 2. The number of unbranched alkanes of at least 4 members (excludes halogenated alkanes) is 6. The Balaban J connectivity index is 1.35. The Labute approximate surface area is 282 Å². The van der Waals surface area contributed by atoms with Gasteiger partial charge in [0.05, 0.1) is 41.8 Å². The van der Waals surface area contributed by atoms with Gasteiger partial charge in [-0.15, -0.1) is 5.11 Å². The van der Waals surface area contributed by atoms with Crippen LogP contribution >= 0.6 is 11.6 Å². The summed E-state index contributed by atoms with van der Waals surface area (Å²) in [6.07, 6.45) is 9.00. The first-order valence-electron chi connectivity index (χ1n) is 16.0. The van der Waals surface area contributed by atoms with Crippen molar-refractivity contribution in [2.24, 2.45) is 20.5 Å². The summed E-state index contributed by atoms with van der Waals surface area (Å²) in [5, 5.41) is 17.7. The summed E-state index contributed by atoms with van der Waals surface area (Å²) < 4.78 is 16.0. The maximum atomic E-state index is 11.3. The minimum atomic E-state index is -0.358. The molecule has 3 rings (SSSR count). The molecule has 0 radical (unpaired) electrons. The minimum absolute atomic E-state index is 0.198. The zero-order chi connectivity index (χ0) is 33.7. The average molecular weight is 662 g/mol. The molecule has 0 unspecified atom stereocenters. The lowest BCUT2D eigenvalue weighted by Crippen LogP contribution is -2.23. The number of benzene rings is 3. The van der Waals surface area contributed by atoms with Crippen molar-refractivity contribution in [2.75, 3.05) is 38.3 Å². The molecule has 0 aliphatic rings. The Kier molecular flexibility index (Phi) is 16.7. The molecular weight excluding hydrogens is 618 g/mol. The fourth-order valence-electron chi connectivity index (χ4n) is 4.28. The molecule has 0 aliphatic carbocycles. The second kappa shape index (κ2) is 21.3. The maximum Gasteiger partial charge on any atom is 0.330 e. The fraction of sp³-hybridized carbons (Fsp3) is 0.389. The van der Waals surface area contributed by atoms with E-state index in [2.05, 4.69) is 27.0 Å². The predicted molar refractivity (Wildman–Crippen MR) is 186 cm³/mol. The molecule has 10 nitrogen and oxygen atoms in total. The number of nitrogens with zero attached hydrogens (tertiary/aromatic N) is 5. The number of likely N-dealkylation sites (N-methyl/N-ethyl adjacent to an activating group) is 1. The summed E-state index contributed by atoms with van der Waals surface area (Å²) in [7, 11) is 1.94. The topological polar surface area (TPSA) is 115 Å². The quantitative estimate of drug-likeness (QED) is 0.0485. The third-order valence-electron chi connectivity index (χ3n) is 7.06. The van der Waals surface area contributed by atoms with Gasteiger partial charge in [0, 0.05) is 31.3 Å². The van der Waals surface area contributed by atoms with Gasteiger partial charge in [-0.3, -0.25) is 4.79 Å². The first-order valence-corrected chi connectivity index (χ1v) is 16.4. The van der Waals surface area contributed by atoms with E-state index in [0.29, 0.717) is 60.6 Å². The summed E-state index contributed by atoms with van der Waals surface area (Å²) in [4.78, 5) is 24.3. The fourth-order valence-corrected chi connectivity index (χ4v) is 4.49. The highest BCUT2D eigenvalue weighted by Crippen LogP contribution is 2.31. The maximum absolute atomic E-state index is 11.3. The van der Waals surface area contributed by atoms with Gasteiger partial charge in [-0.25, -0.2) is 4.79 Å². The average Bonchev–Trinajstić information content (AvgIpc) is 3.09. The molecule has 0 saturated heterocycles. The second-order valence-corrected chi connectivity index (χ2v) is 11.1. The van der Waals surface area contributed by atoms with Gasteiger partial charge in [-0.05, 0) is 73.5 Å². The van der Waals surface area contributed by atoms with Crippen LogP contribution in [0.15, 0.2) is 99.8 Å². The molecule has 0 N–H and O–H groups in total. The molecule has 3 aromatic carbocycles. The van der Waals surface area contributed by atoms with Gasteiger partial charge in [-0.2, -0.15) is 15.3 Å². The van der Waals surface area contributed by atoms with E-state index < -0.39 is 0 Å². The third-order valence-corrected chi connectivity index (χ3v) is 7.36. The summed E-state index contributed by atoms with van der Waals surface area (Å²) in [6.45, 7) is 7.20. The Morgan fingerprint density at radius 1 is 0.745 bits per heavy atom. The van der Waals surface area contributed by atoms with E-state index in [1.165, 1.54) is 6.08 Å². The van der Waals surface area contributed by atoms with E-state index in [1.54, 1.807) is 19.1 Å². The second-order valence-electron chi connectivity index (χ2n) is 10.7. The van der Waals surface area contributed by atoms with Crippen molar-refractivity contribution in [1.29, 1.82) is 0 Å². The van der Waals surface area contributed by atoms with Gasteiger partial charge in [-0.1, -0.05) is 57.2 Å². The first-order chi connectivity index (χ1) is 22.9. The Hall–Kier alpha value is -4.57. The van der Waals surface area contributed by atoms with E-state index >= 15 is 0 Å². The van der Waals surface area contributed by atoms with Gasteiger partial charge >= 0.3 is 11.9 Å². The lowest BCUT2D eigenvalue weighted by molar-refractivity contribution is -0.143. The summed E-state index contributed by atoms with van der Waals surface area (Å²) >= 11 is 6.43. The number of halogens is 1. The lowest BCUT2D eigenvalue weighted by atomic mass is 10.1. The molecule has 0 aromatic heterocycles. The molecule has 0 aliphatic heterocycles. The van der Waals surface area contributed by atoms with Crippen LogP contribution in [0.25, 0.3) is 0 Å². The molecule has 0 heterocycles. The van der Waals surface area contributed by atoms with Crippen molar-refractivity contribution < 1.29 is 23.8 Å². The smallest absolute Gasteiger partial charge is 0.330 e. The zero-order valence-electron chi connectivity index (χ0n) is 27.3. The van der Waals surface area contributed by atoms with Crippen molar-refractivity contribution in [3.8, 4) is 5.75 Å². The minimum Gasteiger partial charge on any atom is -0.494 e. The number of azo groups is 2. The van der Waals surface area contributed by atoms with Crippen LogP contribution < -0.4 is 9.64 Å². The molecular formula is C36H44ClN5O5. The van der Waals surface area contributed by atoms with Crippen LogP contribution in [-0.4, -0.2) is 45.4 Å². The highest BCUT2D eigenvalue weighted by Gasteiger charge is 2.05. The van der Waals surface area contributed by atoms with Crippen molar-refractivity contribution >= 4 is 52.0 Å². The lowest BCUT2D eigenvalue weighted by Gasteiger charge is -2.19. The number of carbonyl (C=O) groups excluding carboxylic acids is 2. The Morgan fingerprint density at radius 3 is 1.87 bits per heavy atom. The molecule has 47 heavy (non-hydrogen) atoms. The van der Waals surface area contributed by atoms with Gasteiger partial charge < -0.3 is 19.1 Å². The van der Waals surface area contributed by atoms with Crippen molar-refractivity contribution in [2.45, 2.75) is 58.3 Å². The number of esters is 2. The van der Waals surface area contributed by atoms with Crippen LogP contribution in [-0.2, 0) is 19.1 Å². The third kappa shape index (κ3) is 14.6. The monoisotopic (exact) mass is 661 g/mol. The van der Waals surface area contributed by atoms with Gasteiger partial charge in [0.2, 0.25) is 0 Å². The van der Waals surface area contributed by atoms with Crippen LogP contribution in [0.1, 0.15) is 58.3 Å². The highest BCUT2D eigenvalue weighted by atomic mass is 35.5. The van der Waals surface area contributed by atoms with E-state index in [9.17, 15) is 9.59 Å². The number of ether oxygens (including phenoxy) is 3. The molecule has 0 atom stereocenters. The molecule has 0 fully saturated rings. The van der Waals surface area contributed by atoms with Crippen LogP contribution in [0.4, 0.5) is 28.4 Å². The van der Waals surface area contributed by atoms with Crippen molar-refractivity contribution in [3.05, 3.63) is 84.4 Å². The van der Waals surface area contributed by atoms with E-state index in [-0.39, 0.29) is 11.9 Å². The standard InChI is InChI=1S/C36H44ClN5O5/c1-4-35(43)46-25-12-10-8-6-7-9-11-24-45-32-21-22-34(33(37)27-32)41-40-29-15-13-28(14-16-29)38-39-30-17-19-31(20-18-30)42(3)23-26-47-36(44)5-2/h4,13-22,27H,1,5-12,23-26H2,2-3H3. The molecule has 0 spiro atoms. The summed E-state index contributed by atoms with van der Waals surface area (Å²) in [6, 6.07) is 20.3. The van der Waals surface area contributed by atoms with Crippen molar-refractivity contribution in [3.63, 3.8) is 0 Å². The van der Waals surface area contributed by atoms with E-state index in [4.69, 9.17) is 25.8 Å². The number of hydrogen-bond donors (Lipinski definition) is 0. The zero-order valence-corrected chi connectivity index (χ0v) is 28.0. The van der Waals surface area contributed by atoms with Crippen LogP contribution in [0.3, 0.4) is 0 Å². The number of anilines is 1. The predicted octanol–water partition coefficient (Wildman–Crippen LogP) is 10.4. The normalized spacial score (nSPS) is 11.1. The molecule has 0 bridgehead atoms. The molecule has 3 aromatic rings. The molecule has 0 saturated carbocycles. The first kappa shape index (κ1) is 36.9. The SMILES string of the molecule is C=CC(=O)OCCCCCCCCCOc1ccc(N=Nc2ccc(N=Nc3ccc(N(C)CCOC(=O)CC)cc3)cc2)c(Cl)c1. The van der Waals surface area contributed by atoms with Crippen molar-refractivity contribution in [1.82, 2.24) is 0 Å².